The predicted octanol–water partition coefficient (Wildman–Crippen LogP) is 5.76. The lowest BCUT2D eigenvalue weighted by Crippen LogP contribution is -2.39. The highest BCUT2D eigenvalue weighted by Crippen LogP contribution is 2.32. The average Bonchev–Trinajstić information content (AvgIpc) is 3.26. The number of rotatable bonds is 11. The van der Waals surface area contributed by atoms with Crippen molar-refractivity contribution in [1.82, 2.24) is 14.3 Å². The van der Waals surface area contributed by atoms with Crippen LogP contribution in [-0.4, -0.2) is 50.2 Å². The van der Waals surface area contributed by atoms with Gasteiger partial charge in [-0.25, -0.2) is 13.8 Å². The van der Waals surface area contributed by atoms with E-state index in [-0.39, 0.29) is 17.2 Å². The standard InChI is InChI=1S/C30H30Cl2N4O5S/c1-20-15-23(21(2)36(20)26-12-8-11-25(31)30(26)32)17-33-34-29(37)19-35(18-22-9-6-5-7-10-22)42(38,39)24-13-14-27(40-3)28(16-24)41-4/h5-17H,18-19H2,1-4H3,(H,34,37)/b33-17+. The van der Waals surface area contributed by atoms with Crippen LogP contribution in [-0.2, 0) is 21.4 Å². The molecule has 1 heterocycles. The fraction of sp³-hybridized carbons (Fsp3) is 0.200. The highest BCUT2D eigenvalue weighted by molar-refractivity contribution is 7.89. The van der Waals surface area contributed by atoms with Gasteiger partial charge in [-0.3, -0.25) is 4.79 Å². The molecule has 0 fully saturated rings. The lowest BCUT2D eigenvalue weighted by Gasteiger charge is -2.22. The molecule has 0 atom stereocenters. The van der Waals surface area contributed by atoms with Crippen LogP contribution in [0.3, 0.4) is 0 Å². The summed E-state index contributed by atoms with van der Waals surface area (Å²) in [5.74, 6) is 0.0250. The summed E-state index contributed by atoms with van der Waals surface area (Å²) in [5.41, 5.74) is 6.34. The SMILES string of the molecule is COc1ccc(S(=O)(=O)N(CC(=O)N/N=C/c2cc(C)n(-c3cccc(Cl)c3Cl)c2C)Cc2ccccc2)cc1OC. The van der Waals surface area contributed by atoms with Gasteiger partial charge in [-0.1, -0.05) is 59.6 Å². The molecule has 4 rings (SSSR count). The normalized spacial score (nSPS) is 11.7. The third-order valence-corrected chi connectivity index (χ3v) is 9.15. The minimum Gasteiger partial charge on any atom is -0.493 e. The van der Waals surface area contributed by atoms with E-state index in [1.807, 2.05) is 42.7 Å². The van der Waals surface area contributed by atoms with Gasteiger partial charge in [0.2, 0.25) is 10.0 Å². The molecule has 0 unspecified atom stereocenters. The van der Waals surface area contributed by atoms with Crippen molar-refractivity contribution in [3.63, 3.8) is 0 Å². The van der Waals surface area contributed by atoms with Gasteiger partial charge in [0.05, 0.1) is 47.6 Å². The summed E-state index contributed by atoms with van der Waals surface area (Å²) in [6.45, 7) is 3.31. The van der Waals surface area contributed by atoms with Gasteiger partial charge in [0.25, 0.3) is 5.91 Å². The zero-order valence-corrected chi connectivity index (χ0v) is 25.8. The summed E-state index contributed by atoms with van der Waals surface area (Å²) < 4.78 is 40.9. The minimum absolute atomic E-state index is 0.0315. The van der Waals surface area contributed by atoms with Gasteiger partial charge >= 0.3 is 0 Å². The van der Waals surface area contributed by atoms with Crippen molar-refractivity contribution >= 4 is 45.3 Å². The number of carbonyl (C=O) groups excluding carboxylic acids is 1. The van der Waals surface area contributed by atoms with E-state index in [1.165, 1.54) is 38.6 Å². The van der Waals surface area contributed by atoms with Crippen molar-refractivity contribution < 1.29 is 22.7 Å². The topological polar surface area (TPSA) is 102 Å². The Morgan fingerprint density at radius 2 is 1.69 bits per heavy atom. The number of sulfonamides is 1. The molecule has 0 radical (unpaired) electrons. The van der Waals surface area contributed by atoms with Gasteiger partial charge in [0.15, 0.2) is 11.5 Å². The van der Waals surface area contributed by atoms with Crippen LogP contribution in [0.15, 0.2) is 82.8 Å². The number of hydrazone groups is 1. The van der Waals surface area contributed by atoms with Gasteiger partial charge in [-0.2, -0.15) is 9.41 Å². The number of halogens is 2. The third kappa shape index (κ3) is 6.79. The molecule has 3 aromatic carbocycles. The summed E-state index contributed by atoms with van der Waals surface area (Å²) >= 11 is 12.6. The van der Waals surface area contributed by atoms with Crippen molar-refractivity contribution in [2.45, 2.75) is 25.3 Å². The summed E-state index contributed by atoms with van der Waals surface area (Å²) in [6.07, 6.45) is 1.50. The molecule has 0 saturated carbocycles. The van der Waals surface area contributed by atoms with Gasteiger partial charge in [-0.05, 0) is 49.7 Å². The van der Waals surface area contributed by atoms with E-state index in [4.69, 9.17) is 32.7 Å². The predicted molar refractivity (Wildman–Crippen MR) is 165 cm³/mol. The molecule has 1 aromatic heterocycles. The summed E-state index contributed by atoms with van der Waals surface area (Å²) in [5, 5.41) is 4.96. The lowest BCUT2D eigenvalue weighted by atomic mass is 10.2. The Kier molecular flexibility index (Phi) is 9.95. The summed E-state index contributed by atoms with van der Waals surface area (Å²) in [4.78, 5) is 12.9. The van der Waals surface area contributed by atoms with Crippen molar-refractivity contribution in [2.75, 3.05) is 20.8 Å². The summed E-state index contributed by atoms with van der Waals surface area (Å²) in [6, 6.07) is 20.6. The van der Waals surface area contributed by atoms with Crippen LogP contribution in [0.2, 0.25) is 10.0 Å². The number of nitrogens with one attached hydrogen (secondary N) is 1. The first-order chi connectivity index (χ1) is 20.1. The second-order valence-corrected chi connectivity index (χ2v) is 12.0. The zero-order chi connectivity index (χ0) is 30.4. The Bertz CT molecular complexity index is 1720. The fourth-order valence-corrected chi connectivity index (χ4v) is 6.24. The number of methoxy groups -OCH3 is 2. The van der Waals surface area contributed by atoms with Crippen molar-refractivity contribution in [3.05, 3.63) is 105 Å². The molecular formula is C30H30Cl2N4O5S. The van der Waals surface area contributed by atoms with E-state index in [9.17, 15) is 13.2 Å². The second kappa shape index (κ2) is 13.4. The van der Waals surface area contributed by atoms with Crippen LogP contribution in [0.25, 0.3) is 5.69 Å². The van der Waals surface area contributed by atoms with Crippen molar-refractivity contribution in [3.8, 4) is 17.2 Å². The van der Waals surface area contributed by atoms with E-state index >= 15 is 0 Å². The first-order valence-corrected chi connectivity index (χ1v) is 15.0. The van der Waals surface area contributed by atoms with Crippen molar-refractivity contribution in [1.29, 1.82) is 0 Å². The Hall–Kier alpha value is -3.83. The number of aromatic nitrogens is 1. The van der Waals surface area contributed by atoms with E-state index in [0.717, 1.165) is 26.9 Å². The van der Waals surface area contributed by atoms with Gasteiger partial charge < -0.3 is 14.0 Å². The van der Waals surface area contributed by atoms with Crippen molar-refractivity contribution in [2.24, 2.45) is 5.10 Å². The monoisotopic (exact) mass is 628 g/mol. The van der Waals surface area contributed by atoms with E-state index in [2.05, 4.69) is 10.5 Å². The third-order valence-electron chi connectivity index (χ3n) is 6.55. The molecule has 0 spiro atoms. The first-order valence-electron chi connectivity index (χ1n) is 12.8. The molecule has 42 heavy (non-hydrogen) atoms. The van der Waals surface area contributed by atoms with Gasteiger partial charge in [-0.15, -0.1) is 0 Å². The molecule has 12 heteroatoms. The van der Waals surface area contributed by atoms with Crippen LogP contribution in [0.1, 0.15) is 22.5 Å². The molecule has 1 amide bonds. The molecular weight excluding hydrogens is 599 g/mol. The number of carbonyl (C=O) groups is 1. The smallest absolute Gasteiger partial charge is 0.255 e. The highest BCUT2D eigenvalue weighted by atomic mass is 35.5. The molecule has 0 aliphatic heterocycles. The fourth-order valence-electron chi connectivity index (χ4n) is 4.46. The van der Waals surface area contributed by atoms with Crippen LogP contribution in [0, 0.1) is 13.8 Å². The molecule has 0 aliphatic carbocycles. The maximum atomic E-state index is 13.7. The Morgan fingerprint density at radius 3 is 2.38 bits per heavy atom. The summed E-state index contributed by atoms with van der Waals surface area (Å²) in [7, 11) is -1.24. The first kappa shape index (κ1) is 31.1. The number of ether oxygens (including phenoxy) is 2. The molecule has 0 saturated heterocycles. The molecule has 220 valence electrons. The lowest BCUT2D eigenvalue weighted by molar-refractivity contribution is -0.121. The highest BCUT2D eigenvalue weighted by Gasteiger charge is 2.28. The van der Waals surface area contributed by atoms with Gasteiger partial charge in [0, 0.05) is 29.6 Å². The van der Waals surface area contributed by atoms with Crippen LogP contribution in [0.4, 0.5) is 0 Å². The maximum Gasteiger partial charge on any atom is 0.255 e. The van der Waals surface area contributed by atoms with Crippen LogP contribution < -0.4 is 14.9 Å². The number of benzene rings is 3. The van der Waals surface area contributed by atoms with E-state index < -0.39 is 22.5 Å². The average molecular weight is 630 g/mol. The number of aryl methyl sites for hydroxylation is 1. The molecule has 4 aromatic rings. The van der Waals surface area contributed by atoms with Crippen LogP contribution in [0.5, 0.6) is 11.5 Å². The van der Waals surface area contributed by atoms with E-state index in [1.54, 1.807) is 30.3 Å². The largest absolute Gasteiger partial charge is 0.493 e. The number of hydrogen-bond acceptors (Lipinski definition) is 6. The number of hydrogen-bond donors (Lipinski definition) is 1. The molecule has 1 N–H and O–H groups in total. The Labute approximate surface area is 255 Å². The molecule has 0 aliphatic rings. The van der Waals surface area contributed by atoms with E-state index in [0.29, 0.717) is 21.4 Å². The second-order valence-electron chi connectivity index (χ2n) is 9.30. The number of amides is 1. The molecule has 0 bridgehead atoms. The van der Waals surface area contributed by atoms with Crippen LogP contribution >= 0.6 is 23.2 Å². The maximum absolute atomic E-state index is 13.7. The Morgan fingerprint density at radius 1 is 0.976 bits per heavy atom. The zero-order valence-electron chi connectivity index (χ0n) is 23.5. The van der Waals surface area contributed by atoms with Gasteiger partial charge in [0.1, 0.15) is 0 Å². The molecule has 9 nitrogen and oxygen atoms in total. The number of nitrogens with zero attached hydrogens (tertiary/aromatic N) is 3. The Balaban J connectivity index is 1.56. The quantitative estimate of drug-likeness (QED) is 0.168. The minimum atomic E-state index is -4.12.